The van der Waals surface area contributed by atoms with Crippen LogP contribution in [-0.2, 0) is 21.9 Å². The van der Waals surface area contributed by atoms with Crippen LogP contribution >= 0.6 is 35.0 Å². The maximum absolute atomic E-state index is 13.3. The van der Waals surface area contributed by atoms with Gasteiger partial charge in [-0.15, -0.1) is 11.8 Å². The molecule has 0 fully saturated rings. The highest BCUT2D eigenvalue weighted by Crippen LogP contribution is 2.25. The van der Waals surface area contributed by atoms with Crippen LogP contribution in [0.4, 0.5) is 0 Å². The third-order valence-corrected chi connectivity index (χ3v) is 7.07. The second kappa shape index (κ2) is 13.1. The number of carbonyl (C=O) groups is 2. The second-order valence-corrected chi connectivity index (χ2v) is 9.79. The third-order valence-electron chi connectivity index (χ3n) is 5.34. The van der Waals surface area contributed by atoms with Crippen LogP contribution in [-0.4, -0.2) is 34.6 Å². The molecule has 0 aromatic heterocycles. The normalized spacial score (nSPS) is 12.8. The highest BCUT2D eigenvalue weighted by Gasteiger charge is 2.29. The van der Waals surface area contributed by atoms with Gasteiger partial charge in [0.25, 0.3) is 0 Å². The van der Waals surface area contributed by atoms with Gasteiger partial charge < -0.3 is 10.2 Å². The summed E-state index contributed by atoms with van der Waals surface area (Å²) in [7, 11) is 0. The molecule has 32 heavy (non-hydrogen) atoms. The summed E-state index contributed by atoms with van der Waals surface area (Å²) in [5, 5.41) is 4.05. The van der Waals surface area contributed by atoms with Gasteiger partial charge in [0.05, 0.1) is 15.8 Å². The molecule has 2 amide bonds. The lowest BCUT2D eigenvalue weighted by atomic mass is 10.1. The lowest BCUT2D eigenvalue weighted by molar-refractivity contribution is -0.139. The summed E-state index contributed by atoms with van der Waals surface area (Å²) in [6.45, 7) is 8.38. The van der Waals surface area contributed by atoms with Gasteiger partial charge in [-0.1, -0.05) is 72.9 Å². The Kier molecular flexibility index (Phi) is 10.9. The summed E-state index contributed by atoms with van der Waals surface area (Å²) in [6, 6.07) is 13.1. The Hall–Kier alpha value is -1.69. The first-order valence-corrected chi connectivity index (χ1v) is 12.8. The highest BCUT2D eigenvalue weighted by atomic mass is 35.5. The van der Waals surface area contributed by atoms with E-state index in [0.29, 0.717) is 28.8 Å². The Balaban J connectivity index is 2.13. The molecule has 0 aliphatic carbocycles. The van der Waals surface area contributed by atoms with Crippen LogP contribution in [0.2, 0.25) is 10.0 Å². The van der Waals surface area contributed by atoms with Crippen LogP contribution in [0, 0.1) is 6.92 Å². The van der Waals surface area contributed by atoms with Gasteiger partial charge in [0.15, 0.2) is 0 Å². The predicted octanol–water partition coefficient (Wildman–Crippen LogP) is 6.26. The van der Waals surface area contributed by atoms with Gasteiger partial charge in [-0.3, -0.25) is 9.59 Å². The highest BCUT2D eigenvalue weighted by molar-refractivity contribution is 7.99. The number of nitrogens with zero attached hydrogens (tertiary/aromatic N) is 1. The van der Waals surface area contributed by atoms with Crippen molar-refractivity contribution in [3.05, 3.63) is 69.2 Å². The van der Waals surface area contributed by atoms with E-state index in [-0.39, 0.29) is 23.6 Å². The van der Waals surface area contributed by atoms with Gasteiger partial charge in [-0.2, -0.15) is 0 Å². The lowest BCUT2D eigenvalue weighted by Crippen LogP contribution is -2.51. The van der Waals surface area contributed by atoms with Crippen LogP contribution in [0.5, 0.6) is 0 Å². The van der Waals surface area contributed by atoms with E-state index in [0.717, 1.165) is 23.1 Å². The summed E-state index contributed by atoms with van der Waals surface area (Å²) in [5.41, 5.74) is 3.17. The Morgan fingerprint density at radius 1 is 1.00 bits per heavy atom. The molecule has 0 saturated heterocycles. The van der Waals surface area contributed by atoms with Crippen LogP contribution < -0.4 is 5.32 Å². The fourth-order valence-corrected chi connectivity index (χ4v) is 4.40. The number of carbonyl (C=O) groups excluding carboxylic acids is 2. The van der Waals surface area contributed by atoms with Crippen LogP contribution in [0.25, 0.3) is 0 Å². The van der Waals surface area contributed by atoms with Gasteiger partial charge in [0, 0.05) is 18.3 Å². The van der Waals surface area contributed by atoms with Crippen molar-refractivity contribution in [2.24, 2.45) is 0 Å². The number of halogens is 2. The smallest absolute Gasteiger partial charge is 0.243 e. The van der Waals surface area contributed by atoms with Crippen molar-refractivity contribution in [3.8, 4) is 0 Å². The fourth-order valence-electron chi connectivity index (χ4n) is 3.22. The molecule has 0 aliphatic heterocycles. The van der Waals surface area contributed by atoms with Crippen LogP contribution in [0.15, 0.2) is 42.5 Å². The Labute approximate surface area is 206 Å². The molecule has 0 heterocycles. The lowest BCUT2D eigenvalue weighted by Gasteiger charge is -2.31. The topological polar surface area (TPSA) is 49.4 Å². The third kappa shape index (κ3) is 8.02. The van der Waals surface area contributed by atoms with Gasteiger partial charge in [-0.25, -0.2) is 0 Å². The average molecular weight is 496 g/mol. The zero-order valence-electron chi connectivity index (χ0n) is 19.2. The predicted molar refractivity (Wildman–Crippen MR) is 136 cm³/mol. The van der Waals surface area contributed by atoms with Gasteiger partial charge in [0.1, 0.15) is 6.04 Å². The zero-order valence-corrected chi connectivity index (χ0v) is 21.5. The van der Waals surface area contributed by atoms with Crippen molar-refractivity contribution >= 4 is 46.8 Å². The van der Waals surface area contributed by atoms with Crippen LogP contribution in [0.3, 0.4) is 0 Å². The average Bonchev–Trinajstić information content (AvgIpc) is 2.77. The summed E-state index contributed by atoms with van der Waals surface area (Å²) >= 11 is 13.6. The van der Waals surface area contributed by atoms with E-state index in [2.05, 4.69) is 5.32 Å². The van der Waals surface area contributed by atoms with E-state index in [9.17, 15) is 9.59 Å². The monoisotopic (exact) mass is 494 g/mol. The molecule has 2 aromatic carbocycles. The largest absolute Gasteiger partial charge is 0.352 e. The SMILES string of the molecule is CC[C@@H](C)NC(=O)[C@@H](CC)N(Cc1ccc(C)cc1)C(=O)CSCc1ccc(Cl)c(Cl)c1. The first kappa shape index (κ1) is 26.6. The molecule has 2 atom stereocenters. The molecule has 0 radical (unpaired) electrons. The van der Waals surface area contributed by atoms with Crippen molar-refractivity contribution in [2.75, 3.05) is 5.75 Å². The fraction of sp³-hybridized carbons (Fsp3) is 0.440. The molecule has 1 N–H and O–H groups in total. The zero-order chi connectivity index (χ0) is 23.7. The number of hydrogen-bond acceptors (Lipinski definition) is 3. The molecule has 174 valence electrons. The molecule has 0 spiro atoms. The molecule has 0 unspecified atom stereocenters. The molecular weight excluding hydrogens is 463 g/mol. The molecule has 2 aromatic rings. The summed E-state index contributed by atoms with van der Waals surface area (Å²) in [5.74, 6) is 0.759. The summed E-state index contributed by atoms with van der Waals surface area (Å²) < 4.78 is 0. The number of benzene rings is 2. The molecule has 0 aliphatic rings. The minimum atomic E-state index is -0.511. The molecule has 0 bridgehead atoms. The van der Waals surface area contributed by atoms with Crippen molar-refractivity contribution in [1.29, 1.82) is 0 Å². The Morgan fingerprint density at radius 3 is 2.25 bits per heavy atom. The van der Waals surface area contributed by atoms with E-state index in [4.69, 9.17) is 23.2 Å². The van der Waals surface area contributed by atoms with Crippen molar-refractivity contribution < 1.29 is 9.59 Å². The molecule has 7 heteroatoms. The Bertz CT molecular complexity index is 905. The van der Waals surface area contributed by atoms with E-state index in [1.165, 1.54) is 11.8 Å². The standard InChI is InChI=1S/C25H32Cl2N2O2S/c1-5-18(4)28-25(31)23(6-2)29(14-19-9-7-17(3)8-10-19)24(30)16-32-15-20-11-12-21(26)22(27)13-20/h7-13,18,23H,5-6,14-16H2,1-4H3,(H,28,31)/t18-,23-/m1/s1. The minimum absolute atomic E-state index is 0.0539. The van der Waals surface area contributed by atoms with Crippen molar-refractivity contribution in [3.63, 3.8) is 0 Å². The van der Waals surface area contributed by atoms with Crippen molar-refractivity contribution in [2.45, 2.75) is 64.9 Å². The quantitative estimate of drug-likeness (QED) is 0.401. The number of thioether (sulfide) groups is 1. The number of rotatable bonds is 11. The number of aryl methyl sites for hydroxylation is 1. The van der Waals surface area contributed by atoms with Gasteiger partial charge in [0.2, 0.25) is 11.8 Å². The van der Waals surface area contributed by atoms with Crippen molar-refractivity contribution in [1.82, 2.24) is 10.2 Å². The minimum Gasteiger partial charge on any atom is -0.352 e. The van der Waals surface area contributed by atoms with E-state index < -0.39 is 6.04 Å². The molecule has 0 saturated carbocycles. The summed E-state index contributed by atoms with van der Waals surface area (Å²) in [4.78, 5) is 27.9. The first-order valence-electron chi connectivity index (χ1n) is 10.9. The molecule has 4 nitrogen and oxygen atoms in total. The van der Waals surface area contributed by atoms with E-state index in [1.54, 1.807) is 11.0 Å². The first-order chi connectivity index (χ1) is 15.2. The maximum Gasteiger partial charge on any atom is 0.243 e. The van der Waals surface area contributed by atoms with E-state index in [1.807, 2.05) is 64.1 Å². The van der Waals surface area contributed by atoms with E-state index >= 15 is 0 Å². The van der Waals surface area contributed by atoms with Gasteiger partial charge in [-0.05, 0) is 49.9 Å². The maximum atomic E-state index is 13.3. The summed E-state index contributed by atoms with van der Waals surface area (Å²) in [6.07, 6.45) is 1.39. The number of hydrogen-bond donors (Lipinski definition) is 1. The van der Waals surface area contributed by atoms with Gasteiger partial charge >= 0.3 is 0 Å². The molecular formula is C25H32Cl2N2O2S. The number of nitrogens with one attached hydrogen (secondary N) is 1. The Morgan fingerprint density at radius 2 is 1.66 bits per heavy atom. The second-order valence-electron chi connectivity index (χ2n) is 7.99. The molecule has 2 rings (SSSR count). The van der Waals surface area contributed by atoms with Crippen LogP contribution in [0.1, 0.15) is 50.3 Å². The number of amides is 2.